The number of para-hydroxylation sites is 1. The van der Waals surface area contributed by atoms with Crippen LogP contribution in [0.5, 0.6) is 5.75 Å². The van der Waals surface area contributed by atoms with Crippen molar-refractivity contribution >= 4 is 5.82 Å². The van der Waals surface area contributed by atoms with Gasteiger partial charge in [0.15, 0.2) is 0 Å². The van der Waals surface area contributed by atoms with Crippen molar-refractivity contribution in [3.05, 3.63) is 47.4 Å². The molecular weight excluding hydrogens is 238 g/mol. The lowest BCUT2D eigenvalue weighted by Gasteiger charge is -2.27. The van der Waals surface area contributed by atoms with Crippen LogP contribution < -0.4 is 10.1 Å². The molecule has 1 aliphatic heterocycles. The van der Waals surface area contributed by atoms with Gasteiger partial charge in [-0.15, -0.1) is 0 Å². The monoisotopic (exact) mass is 255 g/mol. The third kappa shape index (κ3) is 2.52. The highest BCUT2D eigenvalue weighted by atomic mass is 16.5. The summed E-state index contributed by atoms with van der Waals surface area (Å²) in [5.74, 6) is 2.64. The second-order valence-electron chi connectivity index (χ2n) is 4.81. The van der Waals surface area contributed by atoms with Crippen LogP contribution in [0.4, 0.5) is 5.82 Å². The lowest BCUT2D eigenvalue weighted by molar-refractivity contribution is 0.274. The van der Waals surface area contributed by atoms with E-state index in [0.717, 1.165) is 36.1 Å². The molecule has 0 amide bonds. The minimum atomic E-state index is 0.249. The summed E-state index contributed by atoms with van der Waals surface area (Å²) in [5.41, 5.74) is 2.18. The van der Waals surface area contributed by atoms with Crippen molar-refractivity contribution in [1.82, 2.24) is 9.97 Å². The molecule has 1 aromatic carbocycles. The van der Waals surface area contributed by atoms with Gasteiger partial charge in [-0.3, -0.25) is 0 Å². The molecule has 4 heteroatoms. The van der Waals surface area contributed by atoms with Crippen molar-refractivity contribution in [2.75, 3.05) is 11.9 Å². The van der Waals surface area contributed by atoms with Crippen LogP contribution in [0.2, 0.25) is 0 Å². The van der Waals surface area contributed by atoms with E-state index < -0.39 is 0 Å². The van der Waals surface area contributed by atoms with E-state index in [9.17, 15) is 0 Å². The minimum Gasteiger partial charge on any atom is -0.493 e. The predicted octanol–water partition coefficient (Wildman–Crippen LogP) is 3.03. The van der Waals surface area contributed by atoms with Gasteiger partial charge in [0, 0.05) is 23.7 Å². The van der Waals surface area contributed by atoms with Crippen LogP contribution >= 0.6 is 0 Å². The van der Waals surface area contributed by atoms with Crippen molar-refractivity contribution in [2.24, 2.45) is 0 Å². The molecule has 2 heterocycles. The summed E-state index contributed by atoms with van der Waals surface area (Å²) in [4.78, 5) is 8.73. The van der Waals surface area contributed by atoms with Gasteiger partial charge in [0.1, 0.15) is 17.4 Å². The Hall–Kier alpha value is -2.10. The van der Waals surface area contributed by atoms with Gasteiger partial charge in [0.05, 0.1) is 12.6 Å². The lowest BCUT2D eigenvalue weighted by atomic mass is 10.0. The van der Waals surface area contributed by atoms with Crippen molar-refractivity contribution < 1.29 is 4.74 Å². The Kier molecular flexibility index (Phi) is 3.07. The number of ether oxygens (including phenoxy) is 1. The first kappa shape index (κ1) is 12.0. The third-order valence-corrected chi connectivity index (χ3v) is 3.25. The van der Waals surface area contributed by atoms with Gasteiger partial charge in [-0.05, 0) is 19.9 Å². The van der Waals surface area contributed by atoms with Crippen LogP contribution in [0.1, 0.15) is 29.5 Å². The van der Waals surface area contributed by atoms with Gasteiger partial charge in [-0.1, -0.05) is 18.2 Å². The Morgan fingerprint density at radius 3 is 2.89 bits per heavy atom. The SMILES string of the molecule is Cc1cc(N[C@H]2CCOc3ccccc32)nc(C)n1. The molecule has 0 radical (unpaired) electrons. The van der Waals surface area contributed by atoms with Gasteiger partial charge in [-0.25, -0.2) is 9.97 Å². The molecule has 1 aliphatic rings. The molecule has 1 aromatic heterocycles. The van der Waals surface area contributed by atoms with E-state index >= 15 is 0 Å². The maximum Gasteiger partial charge on any atom is 0.130 e. The van der Waals surface area contributed by atoms with E-state index in [4.69, 9.17) is 4.74 Å². The fourth-order valence-corrected chi connectivity index (χ4v) is 2.46. The largest absolute Gasteiger partial charge is 0.493 e. The molecule has 0 unspecified atom stereocenters. The number of aromatic nitrogens is 2. The van der Waals surface area contributed by atoms with Crippen molar-refractivity contribution in [1.29, 1.82) is 0 Å². The van der Waals surface area contributed by atoms with Crippen LogP contribution in [0.25, 0.3) is 0 Å². The third-order valence-electron chi connectivity index (χ3n) is 3.25. The van der Waals surface area contributed by atoms with Crippen molar-refractivity contribution in [2.45, 2.75) is 26.3 Å². The molecular formula is C15H17N3O. The lowest BCUT2D eigenvalue weighted by Crippen LogP contribution is -2.21. The Labute approximate surface area is 112 Å². The first-order valence-corrected chi connectivity index (χ1v) is 6.53. The van der Waals surface area contributed by atoms with Gasteiger partial charge in [-0.2, -0.15) is 0 Å². The number of benzene rings is 1. The molecule has 0 saturated heterocycles. The summed E-state index contributed by atoms with van der Waals surface area (Å²) in [5, 5.41) is 3.49. The summed E-state index contributed by atoms with van der Waals surface area (Å²) < 4.78 is 5.67. The number of anilines is 1. The predicted molar refractivity (Wildman–Crippen MR) is 74.4 cm³/mol. The summed E-state index contributed by atoms with van der Waals surface area (Å²) in [6, 6.07) is 10.4. The zero-order valence-corrected chi connectivity index (χ0v) is 11.2. The number of hydrogen-bond donors (Lipinski definition) is 1. The highest BCUT2D eigenvalue weighted by Crippen LogP contribution is 2.33. The van der Waals surface area contributed by atoms with E-state index in [0.29, 0.717) is 0 Å². The van der Waals surface area contributed by atoms with Crippen LogP contribution in [-0.2, 0) is 0 Å². The van der Waals surface area contributed by atoms with Crippen LogP contribution in [-0.4, -0.2) is 16.6 Å². The molecule has 3 rings (SSSR count). The second-order valence-corrected chi connectivity index (χ2v) is 4.81. The molecule has 1 atom stereocenters. The molecule has 2 aromatic rings. The van der Waals surface area contributed by atoms with Gasteiger partial charge in [0.2, 0.25) is 0 Å². The maximum absolute atomic E-state index is 5.67. The molecule has 1 N–H and O–H groups in total. The number of rotatable bonds is 2. The highest BCUT2D eigenvalue weighted by molar-refractivity contribution is 5.45. The standard InChI is InChI=1S/C15H17N3O/c1-10-9-15(17-11(2)16-10)18-13-7-8-19-14-6-4-3-5-12(13)14/h3-6,9,13H,7-8H2,1-2H3,(H,16,17,18)/t13-/m0/s1. The Bertz CT molecular complexity index is 577. The Balaban J connectivity index is 1.88. The second kappa shape index (κ2) is 4.88. The van der Waals surface area contributed by atoms with Gasteiger partial charge >= 0.3 is 0 Å². The smallest absolute Gasteiger partial charge is 0.130 e. The molecule has 19 heavy (non-hydrogen) atoms. The minimum absolute atomic E-state index is 0.249. The first-order chi connectivity index (χ1) is 9.22. The summed E-state index contributed by atoms with van der Waals surface area (Å²) in [6.45, 7) is 4.63. The normalized spacial score (nSPS) is 17.5. The quantitative estimate of drug-likeness (QED) is 0.896. The van der Waals surface area contributed by atoms with Crippen LogP contribution in [0, 0.1) is 13.8 Å². The highest BCUT2D eigenvalue weighted by Gasteiger charge is 2.21. The zero-order chi connectivity index (χ0) is 13.2. The summed E-state index contributed by atoms with van der Waals surface area (Å²) in [6.07, 6.45) is 0.944. The first-order valence-electron chi connectivity index (χ1n) is 6.53. The van der Waals surface area contributed by atoms with Gasteiger partial charge in [0.25, 0.3) is 0 Å². The zero-order valence-electron chi connectivity index (χ0n) is 11.2. The maximum atomic E-state index is 5.67. The Morgan fingerprint density at radius 2 is 2.05 bits per heavy atom. The van der Waals surface area contributed by atoms with E-state index in [2.05, 4.69) is 21.4 Å². The van der Waals surface area contributed by atoms with Crippen LogP contribution in [0.3, 0.4) is 0 Å². The number of aryl methyl sites for hydroxylation is 2. The molecule has 4 nitrogen and oxygen atoms in total. The van der Waals surface area contributed by atoms with E-state index in [-0.39, 0.29) is 6.04 Å². The topological polar surface area (TPSA) is 47.0 Å². The summed E-state index contributed by atoms with van der Waals surface area (Å²) in [7, 11) is 0. The molecule has 0 spiro atoms. The van der Waals surface area contributed by atoms with Crippen LogP contribution in [0.15, 0.2) is 30.3 Å². The molecule has 0 fully saturated rings. The molecule has 0 aliphatic carbocycles. The number of hydrogen-bond acceptors (Lipinski definition) is 4. The fraction of sp³-hybridized carbons (Fsp3) is 0.333. The number of nitrogens with zero attached hydrogens (tertiary/aromatic N) is 2. The van der Waals surface area contributed by atoms with E-state index in [1.807, 2.05) is 38.1 Å². The molecule has 0 bridgehead atoms. The van der Waals surface area contributed by atoms with E-state index in [1.165, 1.54) is 5.56 Å². The van der Waals surface area contributed by atoms with Crippen molar-refractivity contribution in [3.8, 4) is 5.75 Å². The average molecular weight is 255 g/mol. The Morgan fingerprint density at radius 1 is 1.21 bits per heavy atom. The van der Waals surface area contributed by atoms with Gasteiger partial charge < -0.3 is 10.1 Å². The van der Waals surface area contributed by atoms with E-state index in [1.54, 1.807) is 0 Å². The van der Waals surface area contributed by atoms with Crippen molar-refractivity contribution in [3.63, 3.8) is 0 Å². The summed E-state index contributed by atoms with van der Waals surface area (Å²) >= 11 is 0. The fourth-order valence-electron chi connectivity index (χ4n) is 2.46. The molecule has 0 saturated carbocycles. The average Bonchev–Trinajstić information content (AvgIpc) is 2.38. The molecule has 98 valence electrons. The number of nitrogens with one attached hydrogen (secondary N) is 1. The number of fused-ring (bicyclic) bond motifs is 1.